The molecular formula is C12H14N4O. The third-order valence-corrected chi connectivity index (χ3v) is 2.29. The smallest absolute Gasteiger partial charge is 0.248 e. The predicted molar refractivity (Wildman–Crippen MR) is 65.9 cm³/mol. The Morgan fingerprint density at radius 1 is 1.35 bits per heavy atom. The average molecular weight is 230 g/mol. The number of nitrogens with zero attached hydrogens (tertiary/aromatic N) is 2. The summed E-state index contributed by atoms with van der Waals surface area (Å²) >= 11 is 0. The summed E-state index contributed by atoms with van der Waals surface area (Å²) in [4.78, 5) is 22.2. The van der Waals surface area contributed by atoms with Gasteiger partial charge >= 0.3 is 0 Å². The van der Waals surface area contributed by atoms with Gasteiger partial charge in [-0.1, -0.05) is 0 Å². The van der Waals surface area contributed by atoms with Crippen LogP contribution in [0.25, 0.3) is 0 Å². The molecule has 0 aromatic carbocycles. The maximum absolute atomic E-state index is 11.3. The average Bonchev–Trinajstić information content (AvgIpc) is 2.25. The summed E-state index contributed by atoms with van der Waals surface area (Å²) in [6, 6.07) is 5.31. The van der Waals surface area contributed by atoms with Crippen molar-refractivity contribution in [2.45, 2.75) is 20.4 Å². The minimum atomic E-state index is -0.0827. The van der Waals surface area contributed by atoms with Crippen LogP contribution in [-0.4, -0.2) is 15.0 Å². The molecule has 2 aromatic rings. The van der Waals surface area contributed by atoms with Gasteiger partial charge in [-0.3, -0.25) is 4.79 Å². The second-order valence-electron chi connectivity index (χ2n) is 3.88. The van der Waals surface area contributed by atoms with Gasteiger partial charge in [-0.2, -0.15) is 0 Å². The summed E-state index contributed by atoms with van der Waals surface area (Å²) in [6.45, 7) is 4.27. The fraction of sp³-hybridized carbons (Fsp3) is 0.250. The third-order valence-electron chi connectivity index (χ3n) is 2.29. The minimum absolute atomic E-state index is 0.0827. The van der Waals surface area contributed by atoms with E-state index in [-0.39, 0.29) is 5.56 Å². The van der Waals surface area contributed by atoms with E-state index in [9.17, 15) is 4.79 Å². The van der Waals surface area contributed by atoms with Crippen molar-refractivity contribution in [3.8, 4) is 0 Å². The number of hydrogen-bond acceptors (Lipinski definition) is 4. The second kappa shape index (κ2) is 4.78. The molecule has 0 atom stereocenters. The van der Waals surface area contributed by atoms with Gasteiger partial charge in [-0.05, 0) is 31.5 Å². The van der Waals surface area contributed by atoms with Gasteiger partial charge in [0.25, 0.3) is 0 Å². The number of H-pyrrole nitrogens is 1. The third kappa shape index (κ3) is 3.14. The van der Waals surface area contributed by atoms with E-state index in [1.807, 2.05) is 19.9 Å². The maximum Gasteiger partial charge on any atom is 0.248 e. The van der Waals surface area contributed by atoms with E-state index < -0.39 is 0 Å². The van der Waals surface area contributed by atoms with Crippen molar-refractivity contribution in [2.75, 3.05) is 5.32 Å². The summed E-state index contributed by atoms with van der Waals surface area (Å²) in [7, 11) is 0. The zero-order valence-electron chi connectivity index (χ0n) is 9.82. The predicted octanol–water partition coefficient (Wildman–Crippen LogP) is 1.39. The summed E-state index contributed by atoms with van der Waals surface area (Å²) in [5.41, 5.74) is 1.70. The van der Waals surface area contributed by atoms with E-state index in [0.717, 1.165) is 22.9 Å². The molecule has 17 heavy (non-hydrogen) atoms. The Labute approximate surface area is 99.0 Å². The molecule has 0 aliphatic heterocycles. The molecular weight excluding hydrogens is 216 g/mol. The van der Waals surface area contributed by atoms with Gasteiger partial charge in [0, 0.05) is 24.5 Å². The Kier molecular flexibility index (Phi) is 3.18. The van der Waals surface area contributed by atoms with Gasteiger partial charge in [-0.15, -0.1) is 0 Å². The highest BCUT2D eigenvalue weighted by atomic mass is 16.1. The topological polar surface area (TPSA) is 70.7 Å². The molecule has 0 saturated carbocycles. The zero-order chi connectivity index (χ0) is 12.3. The highest BCUT2D eigenvalue weighted by molar-refractivity contribution is 5.34. The summed E-state index contributed by atoms with van der Waals surface area (Å²) in [6.07, 6.45) is 1.70. The first-order valence-corrected chi connectivity index (χ1v) is 5.37. The van der Waals surface area contributed by atoms with Gasteiger partial charge in [0.05, 0.1) is 0 Å². The van der Waals surface area contributed by atoms with Gasteiger partial charge in [0.1, 0.15) is 11.6 Å². The van der Waals surface area contributed by atoms with Crippen molar-refractivity contribution in [2.24, 2.45) is 0 Å². The van der Waals surface area contributed by atoms with Crippen LogP contribution < -0.4 is 10.9 Å². The number of aryl methyl sites for hydroxylation is 2. The first-order chi connectivity index (χ1) is 8.13. The number of anilines is 1. The molecule has 0 saturated heterocycles. The fourth-order valence-corrected chi connectivity index (χ4v) is 1.60. The second-order valence-corrected chi connectivity index (χ2v) is 3.88. The molecule has 2 heterocycles. The van der Waals surface area contributed by atoms with E-state index in [0.29, 0.717) is 6.54 Å². The SMILES string of the molecule is Cc1nccc(NCc2cc(C)[nH]c(=O)c2)n1. The van der Waals surface area contributed by atoms with Crippen LogP contribution in [0, 0.1) is 13.8 Å². The van der Waals surface area contributed by atoms with Crippen LogP contribution in [0.4, 0.5) is 5.82 Å². The number of aromatic amines is 1. The highest BCUT2D eigenvalue weighted by Crippen LogP contribution is 2.05. The molecule has 2 aromatic heterocycles. The molecule has 0 aliphatic rings. The molecule has 0 spiro atoms. The molecule has 88 valence electrons. The van der Waals surface area contributed by atoms with Crippen LogP contribution in [-0.2, 0) is 6.54 Å². The Balaban J connectivity index is 2.09. The van der Waals surface area contributed by atoms with Crippen LogP contribution in [0.3, 0.4) is 0 Å². The lowest BCUT2D eigenvalue weighted by Crippen LogP contribution is -2.10. The minimum Gasteiger partial charge on any atom is -0.366 e. The number of nitrogens with one attached hydrogen (secondary N) is 2. The van der Waals surface area contributed by atoms with E-state index in [4.69, 9.17) is 0 Å². The Morgan fingerprint density at radius 3 is 2.88 bits per heavy atom. The van der Waals surface area contributed by atoms with Gasteiger partial charge in [-0.25, -0.2) is 9.97 Å². The van der Waals surface area contributed by atoms with Crippen LogP contribution in [0.5, 0.6) is 0 Å². The maximum atomic E-state index is 11.3. The first kappa shape index (κ1) is 11.3. The standard InChI is InChI=1S/C12H14N4O/c1-8-5-10(6-12(17)15-8)7-14-11-3-4-13-9(2)16-11/h3-6H,7H2,1-2H3,(H,15,17)(H,13,14,16). The normalized spacial score (nSPS) is 10.2. The van der Waals surface area contributed by atoms with E-state index in [1.54, 1.807) is 18.3 Å². The van der Waals surface area contributed by atoms with Crippen molar-refractivity contribution in [3.05, 3.63) is 51.8 Å². The lowest BCUT2D eigenvalue weighted by atomic mass is 10.2. The van der Waals surface area contributed by atoms with E-state index in [2.05, 4.69) is 20.3 Å². The van der Waals surface area contributed by atoms with Crippen molar-refractivity contribution in [1.29, 1.82) is 0 Å². The number of hydrogen-bond donors (Lipinski definition) is 2. The molecule has 5 nitrogen and oxygen atoms in total. The van der Waals surface area contributed by atoms with E-state index >= 15 is 0 Å². The summed E-state index contributed by atoms with van der Waals surface area (Å²) in [5, 5.41) is 3.15. The summed E-state index contributed by atoms with van der Waals surface area (Å²) < 4.78 is 0. The molecule has 0 fully saturated rings. The zero-order valence-corrected chi connectivity index (χ0v) is 9.82. The Bertz CT molecular complexity index is 577. The highest BCUT2D eigenvalue weighted by Gasteiger charge is 1.98. The van der Waals surface area contributed by atoms with Crippen LogP contribution in [0.1, 0.15) is 17.1 Å². The van der Waals surface area contributed by atoms with Crippen LogP contribution in [0.2, 0.25) is 0 Å². The molecule has 0 unspecified atom stereocenters. The van der Waals surface area contributed by atoms with Gasteiger partial charge < -0.3 is 10.3 Å². The molecule has 5 heteroatoms. The fourth-order valence-electron chi connectivity index (χ4n) is 1.60. The van der Waals surface area contributed by atoms with Crippen molar-refractivity contribution in [1.82, 2.24) is 15.0 Å². The Hall–Kier alpha value is -2.17. The lowest BCUT2D eigenvalue weighted by molar-refractivity contribution is 1.01. The summed E-state index contributed by atoms with van der Waals surface area (Å²) in [5.74, 6) is 1.48. The number of aromatic nitrogens is 3. The van der Waals surface area contributed by atoms with Gasteiger partial charge in [0.15, 0.2) is 0 Å². The van der Waals surface area contributed by atoms with Gasteiger partial charge in [0.2, 0.25) is 5.56 Å². The molecule has 2 rings (SSSR count). The number of pyridine rings is 1. The molecule has 0 bridgehead atoms. The van der Waals surface area contributed by atoms with Crippen LogP contribution in [0.15, 0.2) is 29.2 Å². The van der Waals surface area contributed by atoms with E-state index in [1.165, 1.54) is 0 Å². The lowest BCUT2D eigenvalue weighted by Gasteiger charge is -2.06. The monoisotopic (exact) mass is 230 g/mol. The van der Waals surface area contributed by atoms with Crippen molar-refractivity contribution < 1.29 is 0 Å². The number of rotatable bonds is 3. The van der Waals surface area contributed by atoms with Crippen LogP contribution >= 0.6 is 0 Å². The first-order valence-electron chi connectivity index (χ1n) is 5.37. The molecule has 0 aliphatic carbocycles. The van der Waals surface area contributed by atoms with Crippen molar-refractivity contribution >= 4 is 5.82 Å². The molecule has 0 amide bonds. The Morgan fingerprint density at radius 2 is 2.18 bits per heavy atom. The molecule has 0 radical (unpaired) electrons. The largest absolute Gasteiger partial charge is 0.366 e. The molecule has 2 N–H and O–H groups in total. The quantitative estimate of drug-likeness (QED) is 0.836. The van der Waals surface area contributed by atoms with Crippen molar-refractivity contribution in [3.63, 3.8) is 0 Å².